The zero-order chi connectivity index (χ0) is 58.7. The summed E-state index contributed by atoms with van der Waals surface area (Å²) in [4.78, 5) is 7.73. The van der Waals surface area contributed by atoms with E-state index in [0.29, 0.717) is 0 Å². The molecule has 6 aromatic heterocycles. The van der Waals surface area contributed by atoms with Crippen LogP contribution in [0, 0.1) is 0 Å². The predicted octanol–water partition coefficient (Wildman–Crippen LogP) is 22.6. The van der Waals surface area contributed by atoms with Crippen LogP contribution in [-0.4, -0.2) is 24.7 Å². The van der Waals surface area contributed by atoms with Gasteiger partial charge in [-0.2, -0.15) is 0 Å². The van der Waals surface area contributed by atoms with E-state index in [2.05, 4.69) is 304 Å². The fourth-order valence-corrected chi connectivity index (χ4v) is 18.4. The molecule has 90 heavy (non-hydrogen) atoms. The van der Waals surface area contributed by atoms with E-state index >= 15 is 0 Å². The Balaban J connectivity index is 0.671. The molecule has 0 saturated carbocycles. The average Bonchev–Trinajstić information content (AvgIpc) is 1.71. The first-order chi connectivity index (χ1) is 44.7. The number of para-hydroxylation sites is 5. The van der Waals surface area contributed by atoms with Crippen molar-refractivity contribution in [2.75, 3.05) is 4.90 Å². The van der Waals surface area contributed by atoms with Crippen LogP contribution in [0.3, 0.4) is 0 Å². The van der Waals surface area contributed by atoms with Crippen molar-refractivity contribution >= 4 is 151 Å². The van der Waals surface area contributed by atoms with Crippen LogP contribution in [0.1, 0.15) is 35.1 Å². The molecule has 0 spiro atoms. The van der Waals surface area contributed by atoms with Crippen LogP contribution in [0.2, 0.25) is 0 Å². The third-order valence-electron chi connectivity index (χ3n) is 19.8. The third-order valence-corrected chi connectivity index (χ3v) is 22.2. The highest BCUT2D eigenvalue weighted by Gasteiger charge is 2.42. The number of hydrogen-bond donors (Lipinski definition) is 0. The molecule has 20 rings (SSSR count). The van der Waals surface area contributed by atoms with Crippen LogP contribution in [0.25, 0.3) is 140 Å². The van der Waals surface area contributed by atoms with Crippen LogP contribution in [-0.2, 0) is 0 Å². The van der Waals surface area contributed by atoms with Crippen molar-refractivity contribution < 1.29 is 0 Å². The Bertz CT molecular complexity index is 6020. The second kappa shape index (κ2) is 19.3. The molecule has 0 fully saturated rings. The highest BCUT2D eigenvalue weighted by atomic mass is 32.1. The summed E-state index contributed by atoms with van der Waals surface area (Å²) in [5.74, 6) is 1.07. The maximum Gasteiger partial charge on any atom is 0.155 e. The number of fused-ring (bicyclic) bond motifs is 18. The summed E-state index contributed by atoms with van der Waals surface area (Å²) in [5, 5.41) is 12.7. The van der Waals surface area contributed by atoms with Gasteiger partial charge in [0.2, 0.25) is 0 Å². The maximum atomic E-state index is 5.13. The van der Waals surface area contributed by atoms with E-state index in [0.717, 1.165) is 17.9 Å². The molecule has 2 aliphatic carbocycles. The molecule has 0 bridgehead atoms. The number of thiophene rings is 2. The van der Waals surface area contributed by atoms with Gasteiger partial charge in [-0.1, -0.05) is 194 Å². The minimum absolute atomic E-state index is 0.0618. The van der Waals surface area contributed by atoms with E-state index in [4.69, 9.17) is 4.98 Å². The summed E-state index contributed by atoms with van der Waals surface area (Å²) in [5.41, 5.74) is 19.8. The van der Waals surface area contributed by atoms with Crippen molar-refractivity contribution in [1.29, 1.82) is 0 Å². The van der Waals surface area contributed by atoms with E-state index in [1.807, 2.05) is 28.9 Å². The molecule has 3 aliphatic rings. The lowest BCUT2D eigenvalue weighted by Gasteiger charge is -2.31. The van der Waals surface area contributed by atoms with Crippen molar-refractivity contribution in [2.24, 2.45) is 0 Å². The molecule has 7 heterocycles. The zero-order valence-corrected chi connectivity index (χ0v) is 50.3. The summed E-state index contributed by atoms with van der Waals surface area (Å²) in [6, 6.07) is 93.0. The zero-order valence-electron chi connectivity index (χ0n) is 48.7. The smallest absolute Gasteiger partial charge is 0.155 e. The molecule has 7 heteroatoms. The average molecular weight is 1180 g/mol. The fourth-order valence-electron chi connectivity index (χ4n) is 16.0. The van der Waals surface area contributed by atoms with Gasteiger partial charge in [0.25, 0.3) is 0 Å². The fraction of sp³-hybridized carbons (Fsp3) is 0.0482. The predicted molar refractivity (Wildman–Crippen MR) is 383 cm³/mol. The largest absolute Gasteiger partial charge is 0.333 e. The standard InChI is InChI=1S/C83H53N5S2/c1-8-33-70-57(22-1)58-23-2-9-34-71(58)88(70)83-82-64(44-45-84-83)68-49-55(41-43-78(68)90-82)87-73-36-11-5-27-66(73)80-62(30-17-38-76(80)87)61-29-16-37-75-79(61)65-26-4-10-35-72(65)86(75)54-40-42-74-67(48-54)59-24-3-7-32-69(59)85(74)53-21-14-19-51(47-53)50-18-13-20-52(46-50)56-28-15-31-63-60-25-6-12-39-77(60)89-81(56)63/h1-20,22-49,53,76,80H,21H2. The monoisotopic (exact) mass is 1180 g/mol. The molecule has 3 atom stereocenters. The van der Waals surface area contributed by atoms with Gasteiger partial charge in [0.05, 0.1) is 38.9 Å². The Kier molecular flexibility index (Phi) is 10.8. The molecule has 0 N–H and O–H groups in total. The first kappa shape index (κ1) is 50.2. The second-order valence-corrected chi connectivity index (χ2v) is 26.5. The van der Waals surface area contributed by atoms with Gasteiger partial charge in [-0.25, -0.2) is 4.98 Å². The number of anilines is 2. The van der Waals surface area contributed by atoms with Crippen LogP contribution in [0.5, 0.6) is 0 Å². The first-order valence-corrected chi connectivity index (χ1v) is 32.8. The Hall–Kier alpha value is -10.8. The Morgan fingerprint density at radius 1 is 0.433 bits per heavy atom. The van der Waals surface area contributed by atoms with Gasteiger partial charge < -0.3 is 14.0 Å². The van der Waals surface area contributed by atoms with Gasteiger partial charge in [0.15, 0.2) is 5.82 Å². The number of hydrogen-bond acceptors (Lipinski definition) is 4. The second-order valence-electron chi connectivity index (χ2n) is 24.4. The molecule has 5 nitrogen and oxygen atoms in total. The minimum atomic E-state index is 0.0618. The van der Waals surface area contributed by atoms with E-state index in [1.54, 1.807) is 0 Å². The van der Waals surface area contributed by atoms with Gasteiger partial charge in [0.1, 0.15) is 0 Å². The minimum Gasteiger partial charge on any atom is -0.333 e. The van der Waals surface area contributed by atoms with Crippen LogP contribution in [0.4, 0.5) is 11.4 Å². The quantitative estimate of drug-likeness (QED) is 0.159. The Morgan fingerprint density at radius 2 is 1.06 bits per heavy atom. The molecular formula is C83H53N5S2. The van der Waals surface area contributed by atoms with Gasteiger partial charge in [0, 0.05) is 108 Å². The van der Waals surface area contributed by atoms with Crippen LogP contribution in [0.15, 0.2) is 291 Å². The molecule has 0 amide bonds. The van der Waals surface area contributed by atoms with Gasteiger partial charge in [-0.15, -0.1) is 22.7 Å². The summed E-state index contributed by atoms with van der Waals surface area (Å²) in [6.45, 7) is 0. The van der Waals surface area contributed by atoms with E-state index in [-0.39, 0.29) is 18.0 Å². The van der Waals surface area contributed by atoms with Crippen molar-refractivity contribution in [2.45, 2.75) is 24.4 Å². The van der Waals surface area contributed by atoms with Crippen molar-refractivity contribution in [3.05, 3.63) is 308 Å². The highest BCUT2D eigenvalue weighted by molar-refractivity contribution is 7.26. The van der Waals surface area contributed by atoms with Gasteiger partial charge in [-0.3, -0.25) is 4.57 Å². The van der Waals surface area contributed by atoms with Gasteiger partial charge >= 0.3 is 0 Å². The number of benzene rings is 11. The molecule has 1 aliphatic heterocycles. The molecular weight excluding hydrogens is 1130 g/mol. The van der Waals surface area contributed by atoms with E-state index in [9.17, 15) is 0 Å². The number of aromatic nitrogens is 4. The lowest BCUT2D eigenvalue weighted by molar-refractivity contribution is 0.650. The van der Waals surface area contributed by atoms with Crippen LogP contribution >= 0.6 is 22.7 Å². The SMILES string of the molecule is C1=CC2C(C(c3cccc4c3c3ccccc3n4-c3ccc4c(c3)c3ccccc3n4C3C=C(c4cccc(-c5cccc6c5sc5ccccc56)c4)C=CC3)=C1)c1ccccc1N2c1ccc2sc3c(-n4c5ccccc5c5ccccc54)nccc3c2c1. The highest BCUT2D eigenvalue weighted by Crippen LogP contribution is 2.55. The Labute approximate surface area is 526 Å². The summed E-state index contributed by atoms with van der Waals surface area (Å²) in [6.07, 6.45) is 17.2. The lowest BCUT2D eigenvalue weighted by atomic mass is 9.79. The number of allylic oxidation sites excluding steroid dienone is 6. The summed E-state index contributed by atoms with van der Waals surface area (Å²) < 4.78 is 12.6. The molecule has 3 unspecified atom stereocenters. The van der Waals surface area contributed by atoms with Crippen molar-refractivity contribution in [3.63, 3.8) is 0 Å². The molecule has 422 valence electrons. The van der Waals surface area contributed by atoms with E-state index in [1.165, 1.54) is 156 Å². The maximum absolute atomic E-state index is 5.13. The Morgan fingerprint density at radius 3 is 1.91 bits per heavy atom. The number of nitrogens with zero attached hydrogens (tertiary/aromatic N) is 5. The molecule has 11 aromatic carbocycles. The first-order valence-electron chi connectivity index (χ1n) is 31.2. The number of pyridine rings is 1. The third kappa shape index (κ3) is 7.21. The van der Waals surface area contributed by atoms with Crippen molar-refractivity contribution in [1.82, 2.24) is 18.7 Å². The van der Waals surface area contributed by atoms with Crippen molar-refractivity contribution in [3.8, 4) is 22.6 Å². The van der Waals surface area contributed by atoms with Gasteiger partial charge in [-0.05, 0) is 136 Å². The topological polar surface area (TPSA) is 30.9 Å². The van der Waals surface area contributed by atoms with E-state index < -0.39 is 0 Å². The molecule has 0 saturated heterocycles. The summed E-state index contributed by atoms with van der Waals surface area (Å²) in [7, 11) is 0. The normalized spacial score (nSPS) is 16.5. The number of rotatable bonds is 7. The molecule has 0 radical (unpaired) electrons. The molecule has 17 aromatic rings. The van der Waals surface area contributed by atoms with Crippen LogP contribution < -0.4 is 4.90 Å². The lowest BCUT2D eigenvalue weighted by Crippen LogP contribution is -2.30. The summed E-state index contributed by atoms with van der Waals surface area (Å²) >= 11 is 3.73.